The van der Waals surface area contributed by atoms with Crippen LogP contribution in [0.3, 0.4) is 0 Å². The molecular weight excluding hydrogens is 282 g/mol. The van der Waals surface area contributed by atoms with E-state index in [9.17, 15) is 0 Å². The van der Waals surface area contributed by atoms with E-state index in [-0.39, 0.29) is 0 Å². The summed E-state index contributed by atoms with van der Waals surface area (Å²) in [5, 5.41) is 1.52. The second-order valence-corrected chi connectivity index (χ2v) is 6.39. The molecule has 2 aromatic rings. The molecule has 0 saturated carbocycles. The van der Waals surface area contributed by atoms with Gasteiger partial charge in [0.25, 0.3) is 0 Å². The molecule has 1 aliphatic heterocycles. The topological polar surface area (TPSA) is 47.9 Å². The zero-order valence-electron chi connectivity index (χ0n) is 12.3. The van der Waals surface area contributed by atoms with Gasteiger partial charge in [-0.25, -0.2) is 9.97 Å². The molecule has 5 heteroatoms. The van der Waals surface area contributed by atoms with E-state index >= 15 is 0 Å². The molecule has 2 atom stereocenters. The summed E-state index contributed by atoms with van der Waals surface area (Å²) >= 11 is 1.81. The lowest BCUT2D eigenvalue weighted by atomic mass is 10.2. The molecule has 4 nitrogen and oxygen atoms in total. The summed E-state index contributed by atoms with van der Waals surface area (Å²) in [6.07, 6.45) is 5.83. The quantitative estimate of drug-likeness (QED) is 0.810. The van der Waals surface area contributed by atoms with Gasteiger partial charge in [0.05, 0.1) is 6.10 Å². The lowest BCUT2D eigenvalue weighted by Gasteiger charge is -2.14. The molecule has 2 unspecified atom stereocenters. The second-order valence-electron chi connectivity index (χ2n) is 5.13. The maximum Gasteiger partial charge on any atom is 0.160 e. The highest BCUT2D eigenvalue weighted by atomic mass is 32.2. The lowest BCUT2D eigenvalue weighted by molar-refractivity contribution is 0.127. The highest BCUT2D eigenvalue weighted by Gasteiger charge is 2.26. The fourth-order valence-corrected chi connectivity index (χ4v) is 3.50. The Morgan fingerprint density at radius 3 is 2.76 bits per heavy atom. The molecule has 21 heavy (non-hydrogen) atoms. The maximum atomic E-state index is 5.64. The van der Waals surface area contributed by atoms with Crippen LogP contribution >= 0.6 is 11.8 Å². The molecule has 3 rings (SSSR count). The largest absolute Gasteiger partial charge is 0.377 e. The molecule has 1 saturated heterocycles. The minimum absolute atomic E-state index is 0.291. The van der Waals surface area contributed by atoms with Crippen molar-refractivity contribution in [3.63, 3.8) is 0 Å². The Morgan fingerprint density at radius 1 is 1.29 bits per heavy atom. The first kappa shape index (κ1) is 14.5. The van der Waals surface area contributed by atoms with Crippen molar-refractivity contribution in [2.24, 2.45) is 0 Å². The van der Waals surface area contributed by atoms with Crippen LogP contribution in [0.5, 0.6) is 0 Å². The van der Waals surface area contributed by atoms with Crippen LogP contribution in [-0.4, -0.2) is 32.9 Å². The number of ether oxygens (including phenoxy) is 1. The Bertz CT molecular complexity index is 606. The van der Waals surface area contributed by atoms with Crippen LogP contribution in [0.1, 0.15) is 26.0 Å². The van der Waals surface area contributed by atoms with Gasteiger partial charge in [0, 0.05) is 35.5 Å². The van der Waals surface area contributed by atoms with Crippen molar-refractivity contribution in [1.29, 1.82) is 0 Å². The number of hydrogen-bond acceptors (Lipinski definition) is 5. The van der Waals surface area contributed by atoms with Crippen LogP contribution < -0.4 is 0 Å². The third-order valence-corrected chi connectivity index (χ3v) is 5.01. The Labute approximate surface area is 129 Å². The summed E-state index contributed by atoms with van der Waals surface area (Å²) in [5.41, 5.74) is 2.09. The summed E-state index contributed by atoms with van der Waals surface area (Å²) < 4.78 is 5.64. The van der Waals surface area contributed by atoms with Crippen LogP contribution in [0, 0.1) is 0 Å². The first-order valence-electron chi connectivity index (χ1n) is 7.33. The van der Waals surface area contributed by atoms with E-state index in [1.165, 1.54) is 0 Å². The molecule has 110 valence electrons. The van der Waals surface area contributed by atoms with Gasteiger partial charge in [0.2, 0.25) is 0 Å². The van der Waals surface area contributed by atoms with Gasteiger partial charge in [-0.05, 0) is 38.0 Å². The maximum absolute atomic E-state index is 5.64. The number of hydrogen-bond donors (Lipinski definition) is 0. The van der Waals surface area contributed by atoms with Crippen molar-refractivity contribution in [1.82, 2.24) is 15.0 Å². The zero-order valence-corrected chi connectivity index (χ0v) is 13.1. The van der Waals surface area contributed by atoms with Gasteiger partial charge in [-0.2, -0.15) is 0 Å². The number of aryl methyl sites for hydroxylation is 1. The van der Waals surface area contributed by atoms with Crippen molar-refractivity contribution in [3.8, 4) is 11.4 Å². The average Bonchev–Trinajstić information content (AvgIpc) is 2.93. The van der Waals surface area contributed by atoms with E-state index in [0.29, 0.717) is 11.4 Å². The minimum Gasteiger partial charge on any atom is -0.377 e. The van der Waals surface area contributed by atoms with Crippen LogP contribution in [0.2, 0.25) is 0 Å². The second kappa shape index (κ2) is 6.54. The molecule has 3 heterocycles. The van der Waals surface area contributed by atoms with E-state index in [4.69, 9.17) is 9.72 Å². The molecular formula is C16H19N3OS. The van der Waals surface area contributed by atoms with E-state index in [0.717, 1.165) is 41.6 Å². The Balaban J connectivity index is 1.90. The van der Waals surface area contributed by atoms with E-state index in [1.54, 1.807) is 24.2 Å². The molecule has 1 fully saturated rings. The molecule has 1 aliphatic rings. The number of pyridine rings is 1. The standard InChI is InChI=1S/C16H19N3OS/c1-3-13-10-15(21-14-6-9-20-11(14)2)19-16(18-13)12-4-7-17-8-5-12/h4-5,7-8,10-11,14H,3,6,9H2,1-2H3. The summed E-state index contributed by atoms with van der Waals surface area (Å²) in [7, 11) is 0. The Morgan fingerprint density at radius 2 is 2.10 bits per heavy atom. The monoisotopic (exact) mass is 301 g/mol. The van der Waals surface area contributed by atoms with Gasteiger partial charge in [0.1, 0.15) is 5.03 Å². The fraction of sp³-hybridized carbons (Fsp3) is 0.438. The number of aromatic nitrogens is 3. The van der Waals surface area contributed by atoms with Gasteiger partial charge >= 0.3 is 0 Å². The van der Waals surface area contributed by atoms with E-state index in [1.807, 2.05) is 12.1 Å². The van der Waals surface area contributed by atoms with Crippen LogP contribution in [0.4, 0.5) is 0 Å². The Hall–Kier alpha value is -1.46. The van der Waals surface area contributed by atoms with Crippen LogP contribution in [-0.2, 0) is 11.2 Å². The fourth-order valence-electron chi connectivity index (χ4n) is 2.37. The van der Waals surface area contributed by atoms with E-state index in [2.05, 4.69) is 29.9 Å². The third-order valence-electron chi connectivity index (χ3n) is 3.64. The molecule has 0 bridgehead atoms. The summed E-state index contributed by atoms with van der Waals surface area (Å²) in [4.78, 5) is 13.4. The molecule has 0 spiro atoms. The predicted octanol–water partition coefficient (Wildman–Crippen LogP) is 3.37. The smallest absolute Gasteiger partial charge is 0.160 e. The van der Waals surface area contributed by atoms with Gasteiger partial charge in [-0.3, -0.25) is 4.98 Å². The highest BCUT2D eigenvalue weighted by molar-refractivity contribution is 7.99. The molecule has 0 aromatic carbocycles. The van der Waals surface area contributed by atoms with Gasteiger partial charge in [0.15, 0.2) is 5.82 Å². The lowest BCUT2D eigenvalue weighted by Crippen LogP contribution is -2.13. The highest BCUT2D eigenvalue weighted by Crippen LogP contribution is 2.32. The summed E-state index contributed by atoms with van der Waals surface area (Å²) in [5.74, 6) is 0.783. The van der Waals surface area contributed by atoms with Crippen LogP contribution in [0.15, 0.2) is 35.6 Å². The summed E-state index contributed by atoms with van der Waals surface area (Å²) in [6.45, 7) is 5.10. The van der Waals surface area contributed by atoms with Gasteiger partial charge in [-0.15, -0.1) is 11.8 Å². The molecule has 0 amide bonds. The van der Waals surface area contributed by atoms with Crippen LogP contribution in [0.25, 0.3) is 11.4 Å². The van der Waals surface area contributed by atoms with Crippen molar-refractivity contribution < 1.29 is 4.74 Å². The predicted molar refractivity (Wildman–Crippen MR) is 84.3 cm³/mol. The Kier molecular flexibility index (Phi) is 4.51. The van der Waals surface area contributed by atoms with Crippen molar-refractivity contribution >= 4 is 11.8 Å². The van der Waals surface area contributed by atoms with Crippen molar-refractivity contribution in [2.75, 3.05) is 6.61 Å². The molecule has 2 aromatic heterocycles. The molecule has 0 N–H and O–H groups in total. The van der Waals surface area contributed by atoms with Gasteiger partial charge in [-0.1, -0.05) is 6.92 Å². The molecule has 0 aliphatic carbocycles. The average molecular weight is 301 g/mol. The van der Waals surface area contributed by atoms with E-state index < -0.39 is 0 Å². The normalized spacial score (nSPS) is 21.6. The molecule has 0 radical (unpaired) electrons. The first-order chi connectivity index (χ1) is 10.3. The number of rotatable bonds is 4. The SMILES string of the molecule is CCc1cc(SC2CCOC2C)nc(-c2ccncc2)n1. The van der Waals surface area contributed by atoms with Crippen molar-refractivity contribution in [3.05, 3.63) is 36.3 Å². The summed E-state index contributed by atoms with van der Waals surface area (Å²) in [6, 6.07) is 6.00. The number of nitrogens with zero attached hydrogens (tertiary/aromatic N) is 3. The van der Waals surface area contributed by atoms with Gasteiger partial charge < -0.3 is 4.74 Å². The minimum atomic E-state index is 0.291. The zero-order chi connectivity index (χ0) is 14.7. The number of thioether (sulfide) groups is 1. The third kappa shape index (κ3) is 3.41. The first-order valence-corrected chi connectivity index (χ1v) is 8.21. The van der Waals surface area contributed by atoms with Crippen molar-refractivity contribution in [2.45, 2.75) is 43.1 Å².